The van der Waals surface area contributed by atoms with E-state index in [4.69, 9.17) is 27.7 Å². The Balaban J connectivity index is 2.61. The fraction of sp³-hybridized carbons (Fsp3) is 0.692. The second kappa shape index (κ2) is 16.5. The van der Waals surface area contributed by atoms with Crippen LogP contribution < -0.4 is 0 Å². The molecule has 0 amide bonds. The second-order valence-corrected chi connectivity index (χ2v) is 15.9. The van der Waals surface area contributed by atoms with Crippen molar-refractivity contribution in [3.05, 3.63) is 35.4 Å². The summed E-state index contributed by atoms with van der Waals surface area (Å²) in [5, 5.41) is 0. The number of hydrogen-bond acceptors (Lipinski definition) is 6. The van der Waals surface area contributed by atoms with Crippen molar-refractivity contribution in [1.82, 2.24) is 0 Å². The van der Waals surface area contributed by atoms with Crippen molar-refractivity contribution in [2.45, 2.75) is 79.6 Å². The van der Waals surface area contributed by atoms with Gasteiger partial charge in [0, 0.05) is 57.0 Å². The van der Waals surface area contributed by atoms with Crippen LogP contribution in [0, 0.1) is 0 Å². The summed E-state index contributed by atoms with van der Waals surface area (Å²) >= 11 is 0. The highest BCUT2D eigenvalue weighted by atomic mass is 28.4. The number of aliphatic imine (C=N–C) groups is 2. The lowest BCUT2D eigenvalue weighted by Crippen LogP contribution is -2.46. The maximum Gasteiger partial charge on any atom is 0.500 e. The molecular weight excluding hydrogens is 460 g/mol. The van der Waals surface area contributed by atoms with Crippen LogP contribution in [-0.2, 0) is 17.7 Å². The standard InChI is InChI=1S/C26H48N2O4Si2/c1-9-29-33(7,8)21-13-19-27-23(5)25-15-17-26(18-16-25)24(6)28-20-14-22-34(30-10-2,31-11-3)32-12-4/h15-18H,9-14,19-22H2,1-8H3/b27-23+,28-24+. The van der Waals surface area contributed by atoms with E-state index in [0.717, 1.165) is 61.6 Å². The molecule has 194 valence electrons. The molecule has 0 aliphatic carbocycles. The van der Waals surface area contributed by atoms with Crippen molar-refractivity contribution in [3.63, 3.8) is 0 Å². The molecule has 0 saturated carbocycles. The number of rotatable bonds is 18. The Labute approximate surface area is 210 Å². The molecule has 0 N–H and O–H groups in total. The molecule has 0 aromatic heterocycles. The highest BCUT2D eigenvalue weighted by Crippen LogP contribution is 2.18. The van der Waals surface area contributed by atoms with Crippen molar-refractivity contribution in [2.24, 2.45) is 9.98 Å². The predicted octanol–water partition coefficient (Wildman–Crippen LogP) is 6.37. The SMILES string of the molecule is CCO[Si](C)(C)CCC/N=C(\C)c1ccc(/C(C)=N/CCC[Si](OCC)(OCC)OCC)cc1. The fourth-order valence-corrected chi connectivity index (χ4v) is 8.42. The van der Waals surface area contributed by atoms with E-state index in [2.05, 4.69) is 58.1 Å². The first-order valence-electron chi connectivity index (χ1n) is 12.9. The lowest BCUT2D eigenvalue weighted by atomic mass is 10.1. The van der Waals surface area contributed by atoms with Gasteiger partial charge in [0.1, 0.15) is 0 Å². The minimum atomic E-state index is -2.58. The number of hydrogen-bond donors (Lipinski definition) is 0. The summed E-state index contributed by atoms with van der Waals surface area (Å²) in [4.78, 5) is 9.57. The van der Waals surface area contributed by atoms with Gasteiger partial charge in [-0.1, -0.05) is 24.3 Å². The molecular formula is C26H48N2O4Si2. The van der Waals surface area contributed by atoms with E-state index in [9.17, 15) is 0 Å². The van der Waals surface area contributed by atoms with E-state index in [0.29, 0.717) is 19.8 Å². The molecule has 0 unspecified atom stereocenters. The third kappa shape index (κ3) is 11.5. The molecule has 0 aliphatic rings. The minimum Gasteiger partial charge on any atom is -0.418 e. The van der Waals surface area contributed by atoms with Crippen LogP contribution in [0.4, 0.5) is 0 Å². The molecule has 0 fully saturated rings. The number of benzene rings is 1. The first-order valence-corrected chi connectivity index (χ1v) is 18.0. The zero-order valence-electron chi connectivity index (χ0n) is 22.9. The van der Waals surface area contributed by atoms with Gasteiger partial charge >= 0.3 is 8.80 Å². The maximum atomic E-state index is 5.93. The normalized spacial score (nSPS) is 13.5. The van der Waals surface area contributed by atoms with Crippen LogP contribution in [0.5, 0.6) is 0 Å². The molecule has 1 rings (SSSR count). The minimum absolute atomic E-state index is 0.608. The quantitative estimate of drug-likeness (QED) is 0.131. The molecule has 6 nitrogen and oxygen atoms in total. The lowest BCUT2D eigenvalue weighted by Gasteiger charge is -2.28. The third-order valence-corrected chi connectivity index (χ3v) is 11.4. The summed E-state index contributed by atoms with van der Waals surface area (Å²) in [7, 11) is -4.10. The monoisotopic (exact) mass is 508 g/mol. The molecule has 0 spiro atoms. The molecule has 1 aromatic rings. The molecule has 34 heavy (non-hydrogen) atoms. The second-order valence-electron chi connectivity index (χ2n) is 8.89. The van der Waals surface area contributed by atoms with Gasteiger partial charge in [0.25, 0.3) is 0 Å². The van der Waals surface area contributed by atoms with Gasteiger partial charge in [-0.2, -0.15) is 0 Å². The van der Waals surface area contributed by atoms with Crippen LogP contribution in [0.3, 0.4) is 0 Å². The summed E-state index contributed by atoms with van der Waals surface area (Å²) in [6.07, 6.45) is 1.97. The average Bonchev–Trinajstić information content (AvgIpc) is 2.80. The van der Waals surface area contributed by atoms with Crippen LogP contribution in [0.1, 0.15) is 65.5 Å². The first kappa shape index (κ1) is 30.9. The summed E-state index contributed by atoms with van der Waals surface area (Å²) in [6.45, 7) is 21.0. The van der Waals surface area contributed by atoms with Crippen molar-refractivity contribution in [2.75, 3.05) is 39.5 Å². The van der Waals surface area contributed by atoms with Gasteiger partial charge in [-0.05, 0) is 84.6 Å². The fourth-order valence-electron chi connectivity index (χ4n) is 3.89. The third-order valence-electron chi connectivity index (χ3n) is 5.62. The van der Waals surface area contributed by atoms with E-state index in [1.807, 2.05) is 20.8 Å². The Kier molecular flexibility index (Phi) is 15.0. The van der Waals surface area contributed by atoms with Gasteiger partial charge in [-0.3, -0.25) is 9.98 Å². The van der Waals surface area contributed by atoms with E-state index >= 15 is 0 Å². The zero-order valence-corrected chi connectivity index (χ0v) is 24.9. The Hall–Kier alpha value is -1.17. The van der Waals surface area contributed by atoms with Crippen molar-refractivity contribution >= 4 is 28.5 Å². The van der Waals surface area contributed by atoms with Crippen LogP contribution >= 0.6 is 0 Å². The van der Waals surface area contributed by atoms with E-state index in [1.54, 1.807) is 0 Å². The summed E-state index contributed by atoms with van der Waals surface area (Å²) in [5.41, 5.74) is 4.43. The average molecular weight is 509 g/mol. The zero-order chi connectivity index (χ0) is 25.5. The molecule has 0 saturated heterocycles. The van der Waals surface area contributed by atoms with Crippen LogP contribution in [0.15, 0.2) is 34.3 Å². The van der Waals surface area contributed by atoms with Gasteiger partial charge in [0.15, 0.2) is 8.32 Å². The topological polar surface area (TPSA) is 61.6 Å². The Morgan fingerprint density at radius 3 is 1.41 bits per heavy atom. The molecule has 1 aromatic carbocycles. The summed E-state index contributed by atoms with van der Waals surface area (Å²) in [6, 6.07) is 10.5. The van der Waals surface area contributed by atoms with Crippen molar-refractivity contribution in [3.8, 4) is 0 Å². The molecule has 0 radical (unpaired) electrons. The van der Waals surface area contributed by atoms with Crippen molar-refractivity contribution in [1.29, 1.82) is 0 Å². The van der Waals surface area contributed by atoms with Gasteiger partial charge in [0.05, 0.1) is 0 Å². The Morgan fingerprint density at radius 1 is 0.647 bits per heavy atom. The van der Waals surface area contributed by atoms with Crippen LogP contribution in [-0.4, -0.2) is 68.1 Å². The van der Waals surface area contributed by atoms with E-state index in [1.165, 1.54) is 5.56 Å². The van der Waals surface area contributed by atoms with Crippen LogP contribution in [0.2, 0.25) is 25.2 Å². The lowest BCUT2D eigenvalue weighted by molar-refractivity contribution is 0.0710. The highest BCUT2D eigenvalue weighted by Gasteiger charge is 2.39. The van der Waals surface area contributed by atoms with E-state index in [-0.39, 0.29) is 0 Å². The van der Waals surface area contributed by atoms with Gasteiger partial charge in [-0.15, -0.1) is 0 Å². The molecule has 0 atom stereocenters. The summed E-state index contributed by atoms with van der Waals surface area (Å²) in [5.74, 6) is 0. The largest absolute Gasteiger partial charge is 0.500 e. The first-order chi connectivity index (χ1) is 16.2. The Bertz CT molecular complexity index is 735. The molecule has 0 aliphatic heterocycles. The van der Waals surface area contributed by atoms with Gasteiger partial charge < -0.3 is 17.7 Å². The molecule has 0 heterocycles. The Morgan fingerprint density at radius 2 is 1.03 bits per heavy atom. The van der Waals surface area contributed by atoms with Crippen molar-refractivity contribution < 1.29 is 17.7 Å². The van der Waals surface area contributed by atoms with E-state index < -0.39 is 17.1 Å². The van der Waals surface area contributed by atoms with Gasteiger partial charge in [-0.25, -0.2) is 0 Å². The smallest absolute Gasteiger partial charge is 0.418 e. The highest BCUT2D eigenvalue weighted by molar-refractivity contribution is 6.71. The summed E-state index contributed by atoms with van der Waals surface area (Å²) < 4.78 is 23.7. The molecule has 0 bridgehead atoms. The van der Waals surface area contributed by atoms with Crippen LogP contribution in [0.25, 0.3) is 0 Å². The van der Waals surface area contributed by atoms with Gasteiger partial charge in [0.2, 0.25) is 0 Å². The molecule has 8 heteroatoms. The predicted molar refractivity (Wildman–Crippen MR) is 149 cm³/mol. The maximum absolute atomic E-state index is 5.93. The number of nitrogens with zero attached hydrogens (tertiary/aromatic N) is 2.